The van der Waals surface area contributed by atoms with Gasteiger partial charge in [-0.3, -0.25) is 4.90 Å². The van der Waals surface area contributed by atoms with Crippen LogP contribution >= 0.6 is 11.8 Å². The molecule has 21 heavy (non-hydrogen) atoms. The van der Waals surface area contributed by atoms with Crippen molar-refractivity contribution in [2.24, 2.45) is 5.92 Å². The van der Waals surface area contributed by atoms with Crippen LogP contribution in [0.2, 0.25) is 0 Å². The topological polar surface area (TPSA) is 15.3 Å². The average molecular weight is 309 g/mol. The van der Waals surface area contributed by atoms with Gasteiger partial charge in [-0.1, -0.05) is 38.1 Å². The molecule has 1 aromatic rings. The van der Waals surface area contributed by atoms with Gasteiger partial charge in [-0.15, -0.1) is 0 Å². The highest BCUT2D eigenvalue weighted by molar-refractivity contribution is 7.98. The maximum Gasteiger partial charge on any atom is 0.0236 e. The predicted octanol–water partition coefficient (Wildman–Crippen LogP) is 3.66. The number of thioether (sulfide) groups is 1. The molecule has 1 rings (SSSR count). The van der Waals surface area contributed by atoms with E-state index < -0.39 is 0 Å². The van der Waals surface area contributed by atoms with Gasteiger partial charge >= 0.3 is 0 Å². The lowest BCUT2D eigenvalue weighted by atomic mass is 10.0. The predicted molar refractivity (Wildman–Crippen MR) is 97.2 cm³/mol. The van der Waals surface area contributed by atoms with Crippen molar-refractivity contribution in [3.63, 3.8) is 0 Å². The second-order valence-corrected chi connectivity index (χ2v) is 7.25. The quantitative estimate of drug-likeness (QED) is 0.664. The van der Waals surface area contributed by atoms with Crippen molar-refractivity contribution >= 4 is 11.8 Å². The molecule has 0 amide bonds. The Bertz CT molecular complexity index is 393. The molecule has 0 spiro atoms. The number of nitrogens with zero attached hydrogens (tertiary/aromatic N) is 1. The first kappa shape index (κ1) is 18.5. The zero-order valence-electron chi connectivity index (χ0n) is 14.4. The molecule has 0 bridgehead atoms. The maximum absolute atomic E-state index is 3.54. The van der Waals surface area contributed by atoms with Crippen molar-refractivity contribution in [2.45, 2.75) is 39.8 Å². The second-order valence-electron chi connectivity index (χ2n) is 6.34. The minimum atomic E-state index is 0.618. The molecule has 2 nitrogen and oxygen atoms in total. The van der Waals surface area contributed by atoms with Crippen LogP contribution < -0.4 is 5.32 Å². The molecule has 0 aromatic heterocycles. The van der Waals surface area contributed by atoms with E-state index >= 15 is 0 Å². The number of benzene rings is 1. The monoisotopic (exact) mass is 308 g/mol. The van der Waals surface area contributed by atoms with Crippen molar-refractivity contribution in [2.75, 3.05) is 32.1 Å². The fourth-order valence-corrected chi connectivity index (χ4v) is 3.10. The fourth-order valence-electron chi connectivity index (χ4n) is 2.36. The van der Waals surface area contributed by atoms with Gasteiger partial charge in [0.05, 0.1) is 0 Å². The SMILES string of the molecule is CSCC(C)N(C)Cc1ccccc1CCNCC(C)C. The maximum atomic E-state index is 3.54. The van der Waals surface area contributed by atoms with E-state index in [9.17, 15) is 0 Å². The van der Waals surface area contributed by atoms with Gasteiger partial charge in [0, 0.05) is 18.3 Å². The molecule has 0 aliphatic carbocycles. The van der Waals surface area contributed by atoms with Crippen molar-refractivity contribution in [1.82, 2.24) is 10.2 Å². The van der Waals surface area contributed by atoms with Crippen LogP contribution in [-0.2, 0) is 13.0 Å². The molecular weight excluding hydrogens is 276 g/mol. The van der Waals surface area contributed by atoms with E-state index in [4.69, 9.17) is 0 Å². The summed E-state index contributed by atoms with van der Waals surface area (Å²) in [4.78, 5) is 2.46. The van der Waals surface area contributed by atoms with E-state index in [2.05, 4.69) is 68.6 Å². The molecule has 0 saturated carbocycles. The summed E-state index contributed by atoms with van der Waals surface area (Å²) in [7, 11) is 2.23. The second kappa shape index (κ2) is 10.3. The van der Waals surface area contributed by atoms with Crippen LogP contribution in [0.25, 0.3) is 0 Å². The molecule has 1 aromatic carbocycles. The molecule has 0 aliphatic rings. The zero-order valence-corrected chi connectivity index (χ0v) is 15.2. The van der Waals surface area contributed by atoms with Crippen molar-refractivity contribution < 1.29 is 0 Å². The van der Waals surface area contributed by atoms with E-state index in [0.29, 0.717) is 6.04 Å². The number of nitrogens with one attached hydrogen (secondary N) is 1. The lowest BCUT2D eigenvalue weighted by Gasteiger charge is -2.25. The first-order valence-electron chi connectivity index (χ1n) is 8.01. The fraction of sp³-hybridized carbons (Fsp3) is 0.667. The summed E-state index contributed by atoms with van der Waals surface area (Å²) in [5.74, 6) is 1.91. The summed E-state index contributed by atoms with van der Waals surface area (Å²) in [5, 5.41) is 3.54. The van der Waals surface area contributed by atoms with E-state index in [1.807, 2.05) is 11.8 Å². The summed E-state index contributed by atoms with van der Waals surface area (Å²) in [5.41, 5.74) is 2.95. The summed E-state index contributed by atoms with van der Waals surface area (Å²) in [6, 6.07) is 9.49. The molecule has 0 heterocycles. The van der Waals surface area contributed by atoms with Gasteiger partial charge < -0.3 is 5.32 Å². The Hall–Kier alpha value is -0.510. The Labute approximate surface area is 135 Å². The Morgan fingerprint density at radius 3 is 2.43 bits per heavy atom. The van der Waals surface area contributed by atoms with Gasteiger partial charge in [0.2, 0.25) is 0 Å². The third-order valence-electron chi connectivity index (χ3n) is 3.82. The third-order valence-corrected chi connectivity index (χ3v) is 4.64. The summed E-state index contributed by atoms with van der Waals surface area (Å²) in [6.07, 6.45) is 3.30. The van der Waals surface area contributed by atoms with Gasteiger partial charge in [-0.2, -0.15) is 11.8 Å². The lowest BCUT2D eigenvalue weighted by molar-refractivity contribution is 0.269. The Morgan fingerprint density at radius 2 is 1.81 bits per heavy atom. The summed E-state index contributed by atoms with van der Waals surface area (Å²) < 4.78 is 0. The van der Waals surface area contributed by atoms with E-state index in [-0.39, 0.29) is 0 Å². The van der Waals surface area contributed by atoms with Crippen molar-refractivity contribution in [3.8, 4) is 0 Å². The van der Waals surface area contributed by atoms with Crippen LogP contribution in [0.3, 0.4) is 0 Å². The molecule has 0 aliphatic heterocycles. The largest absolute Gasteiger partial charge is 0.316 e. The molecule has 0 saturated heterocycles. The minimum absolute atomic E-state index is 0.618. The molecular formula is C18H32N2S. The highest BCUT2D eigenvalue weighted by atomic mass is 32.2. The highest BCUT2D eigenvalue weighted by Gasteiger charge is 2.11. The summed E-state index contributed by atoms with van der Waals surface area (Å²) >= 11 is 1.92. The van der Waals surface area contributed by atoms with Crippen LogP contribution in [0.5, 0.6) is 0 Å². The van der Waals surface area contributed by atoms with Crippen LogP contribution in [0, 0.1) is 5.92 Å². The normalized spacial score (nSPS) is 13.1. The number of rotatable bonds is 10. The standard InChI is InChI=1S/C18H32N2S/c1-15(2)12-19-11-10-17-8-6-7-9-18(17)13-20(4)16(3)14-21-5/h6-9,15-16,19H,10-14H2,1-5H3. The number of hydrogen-bond donors (Lipinski definition) is 1. The molecule has 120 valence electrons. The molecule has 1 N–H and O–H groups in total. The van der Waals surface area contributed by atoms with Crippen LogP contribution in [0.15, 0.2) is 24.3 Å². The van der Waals surface area contributed by atoms with Crippen LogP contribution in [-0.4, -0.2) is 43.1 Å². The molecule has 0 fully saturated rings. The van der Waals surface area contributed by atoms with Crippen molar-refractivity contribution in [3.05, 3.63) is 35.4 Å². The minimum Gasteiger partial charge on any atom is -0.316 e. The van der Waals surface area contributed by atoms with Crippen molar-refractivity contribution in [1.29, 1.82) is 0 Å². The average Bonchev–Trinajstić information content (AvgIpc) is 2.45. The van der Waals surface area contributed by atoms with Crippen LogP contribution in [0.4, 0.5) is 0 Å². The first-order chi connectivity index (χ1) is 10.0. The van der Waals surface area contributed by atoms with Gasteiger partial charge in [-0.25, -0.2) is 0 Å². The molecule has 0 radical (unpaired) electrons. The van der Waals surface area contributed by atoms with Crippen LogP contribution in [0.1, 0.15) is 31.9 Å². The van der Waals surface area contributed by atoms with E-state index in [1.54, 1.807) is 0 Å². The van der Waals surface area contributed by atoms with Gasteiger partial charge in [-0.05, 0) is 56.8 Å². The number of hydrogen-bond acceptors (Lipinski definition) is 3. The third kappa shape index (κ3) is 7.35. The van der Waals surface area contributed by atoms with Gasteiger partial charge in [0.15, 0.2) is 0 Å². The molecule has 1 atom stereocenters. The smallest absolute Gasteiger partial charge is 0.0236 e. The molecule has 1 unspecified atom stereocenters. The summed E-state index contributed by atoms with van der Waals surface area (Å²) in [6.45, 7) is 10.0. The van der Waals surface area contributed by atoms with E-state index in [1.165, 1.54) is 16.9 Å². The Balaban J connectivity index is 2.54. The van der Waals surface area contributed by atoms with Gasteiger partial charge in [0.25, 0.3) is 0 Å². The van der Waals surface area contributed by atoms with Gasteiger partial charge in [0.1, 0.15) is 0 Å². The zero-order chi connectivity index (χ0) is 15.7. The molecule has 3 heteroatoms. The Morgan fingerprint density at radius 1 is 1.14 bits per heavy atom. The Kier molecular flexibility index (Phi) is 9.05. The first-order valence-corrected chi connectivity index (χ1v) is 9.40. The lowest BCUT2D eigenvalue weighted by Crippen LogP contribution is -2.31. The highest BCUT2D eigenvalue weighted by Crippen LogP contribution is 2.14. The van der Waals surface area contributed by atoms with E-state index in [0.717, 1.165) is 32.0 Å².